The van der Waals surface area contributed by atoms with Gasteiger partial charge in [0.15, 0.2) is 0 Å². The summed E-state index contributed by atoms with van der Waals surface area (Å²) in [5.41, 5.74) is 7.49. The van der Waals surface area contributed by atoms with Crippen LogP contribution < -0.4 is 15.2 Å². The Hall–Kier alpha value is -1.13. The summed E-state index contributed by atoms with van der Waals surface area (Å²) in [5, 5.41) is 0. The minimum Gasteiger partial charge on any atom is -0.496 e. The van der Waals surface area contributed by atoms with Gasteiger partial charge in [-0.3, -0.25) is 0 Å². The molecule has 0 amide bonds. The van der Waals surface area contributed by atoms with Crippen LogP contribution in [-0.2, 0) is 6.42 Å². The molecule has 0 unspecified atom stereocenters. The van der Waals surface area contributed by atoms with Gasteiger partial charge in [0.25, 0.3) is 0 Å². The summed E-state index contributed by atoms with van der Waals surface area (Å²) in [5.74, 6) is 1.59. The molecule has 3 nitrogen and oxygen atoms in total. The molecule has 0 radical (unpaired) electrons. The quantitative estimate of drug-likeness (QED) is 0.665. The Morgan fingerprint density at radius 3 is 2.16 bits per heavy atom. The second-order valence-electron chi connectivity index (χ2n) is 5.48. The van der Waals surface area contributed by atoms with Gasteiger partial charge < -0.3 is 15.2 Å². The topological polar surface area (TPSA) is 44.5 Å². The van der Waals surface area contributed by atoms with E-state index in [1.165, 1.54) is 0 Å². The van der Waals surface area contributed by atoms with Crippen molar-refractivity contribution in [3.63, 3.8) is 0 Å². The van der Waals surface area contributed by atoms with Crippen molar-refractivity contribution in [2.75, 3.05) is 20.8 Å². The van der Waals surface area contributed by atoms with E-state index in [1.807, 2.05) is 12.1 Å². The molecule has 0 saturated heterocycles. The number of hydrogen-bond acceptors (Lipinski definition) is 4. The van der Waals surface area contributed by atoms with E-state index in [1.54, 1.807) is 14.2 Å². The Morgan fingerprint density at radius 2 is 1.74 bits per heavy atom. The monoisotopic (exact) mass is 281 g/mol. The van der Waals surface area contributed by atoms with Crippen LogP contribution >= 0.6 is 12.2 Å². The molecule has 106 valence electrons. The lowest BCUT2D eigenvalue weighted by molar-refractivity contribution is 0.397. The Balaban J connectivity index is 3.36. The number of hydrogen-bond donors (Lipinski definition) is 1. The van der Waals surface area contributed by atoms with Gasteiger partial charge in [0.1, 0.15) is 11.5 Å². The van der Waals surface area contributed by atoms with Gasteiger partial charge in [-0.25, -0.2) is 0 Å². The van der Waals surface area contributed by atoms with Crippen LogP contribution in [0.25, 0.3) is 0 Å². The lowest BCUT2D eigenvalue weighted by Crippen LogP contribution is -2.20. The minimum absolute atomic E-state index is 0.0942. The minimum atomic E-state index is -0.0942. The second-order valence-corrected chi connectivity index (χ2v) is 5.89. The zero-order valence-electron chi connectivity index (χ0n) is 12.4. The maximum atomic E-state index is 5.62. The summed E-state index contributed by atoms with van der Waals surface area (Å²) in [6, 6.07) is 3.93. The maximum absolute atomic E-state index is 5.62. The third kappa shape index (κ3) is 3.67. The number of ether oxygens (including phenoxy) is 2. The number of thiocarbonyl (C=S) groups is 1. The molecule has 0 bridgehead atoms. The number of methoxy groups -OCH3 is 2. The van der Waals surface area contributed by atoms with E-state index in [0.29, 0.717) is 6.54 Å². The molecule has 0 fully saturated rings. The predicted octanol–water partition coefficient (Wildman–Crippen LogP) is 2.97. The first-order chi connectivity index (χ1) is 8.85. The lowest BCUT2D eigenvalue weighted by Gasteiger charge is -2.23. The van der Waals surface area contributed by atoms with Crippen LogP contribution in [0.2, 0.25) is 0 Å². The van der Waals surface area contributed by atoms with Gasteiger partial charge in [0, 0.05) is 10.4 Å². The van der Waals surface area contributed by atoms with Crippen molar-refractivity contribution in [3.05, 3.63) is 23.3 Å². The van der Waals surface area contributed by atoms with Crippen LogP contribution in [0.15, 0.2) is 12.1 Å². The lowest BCUT2D eigenvalue weighted by atomic mass is 9.86. The van der Waals surface area contributed by atoms with Crippen LogP contribution in [0, 0.1) is 5.41 Å². The van der Waals surface area contributed by atoms with E-state index < -0.39 is 0 Å². The van der Waals surface area contributed by atoms with Crippen molar-refractivity contribution in [2.24, 2.45) is 11.1 Å². The molecule has 0 saturated carbocycles. The van der Waals surface area contributed by atoms with Crippen molar-refractivity contribution in [1.82, 2.24) is 0 Å². The molecule has 19 heavy (non-hydrogen) atoms. The van der Waals surface area contributed by atoms with Gasteiger partial charge in [0.2, 0.25) is 0 Å². The molecular weight excluding hydrogens is 258 g/mol. The van der Waals surface area contributed by atoms with Gasteiger partial charge in [-0.15, -0.1) is 0 Å². The van der Waals surface area contributed by atoms with Gasteiger partial charge in [-0.1, -0.05) is 33.0 Å². The largest absolute Gasteiger partial charge is 0.496 e. The van der Waals surface area contributed by atoms with Crippen LogP contribution in [0.5, 0.6) is 11.5 Å². The normalized spacial score (nSPS) is 11.3. The van der Waals surface area contributed by atoms with Crippen molar-refractivity contribution < 1.29 is 9.47 Å². The predicted molar refractivity (Wildman–Crippen MR) is 83.5 cm³/mol. The molecule has 1 aromatic carbocycles. The van der Waals surface area contributed by atoms with Gasteiger partial charge in [0.05, 0.1) is 14.2 Å². The second kappa shape index (κ2) is 6.35. The molecule has 2 N–H and O–H groups in total. The molecule has 0 atom stereocenters. The van der Waals surface area contributed by atoms with E-state index in [9.17, 15) is 0 Å². The van der Waals surface area contributed by atoms with Gasteiger partial charge in [-0.05, 0) is 36.1 Å². The van der Waals surface area contributed by atoms with E-state index >= 15 is 0 Å². The Bertz CT molecular complexity index is 464. The van der Waals surface area contributed by atoms with E-state index in [0.717, 1.165) is 33.9 Å². The first kappa shape index (κ1) is 15.9. The molecule has 0 aromatic heterocycles. The van der Waals surface area contributed by atoms with Crippen LogP contribution in [0.4, 0.5) is 0 Å². The Kier molecular flexibility index (Phi) is 5.32. The highest BCUT2D eigenvalue weighted by atomic mass is 32.1. The molecule has 0 aliphatic heterocycles. The van der Waals surface area contributed by atoms with Gasteiger partial charge in [-0.2, -0.15) is 0 Å². The fourth-order valence-corrected chi connectivity index (χ4v) is 2.05. The highest BCUT2D eigenvalue weighted by molar-refractivity contribution is 7.81. The maximum Gasteiger partial charge on any atom is 0.127 e. The smallest absolute Gasteiger partial charge is 0.127 e. The number of nitrogens with two attached hydrogens (primary N) is 1. The zero-order valence-corrected chi connectivity index (χ0v) is 13.2. The van der Waals surface area contributed by atoms with E-state index in [-0.39, 0.29) is 5.41 Å². The zero-order chi connectivity index (χ0) is 14.6. The molecule has 0 aliphatic carbocycles. The summed E-state index contributed by atoms with van der Waals surface area (Å²) in [6.07, 6.45) is 0.752. The van der Waals surface area contributed by atoms with Crippen molar-refractivity contribution >= 4 is 17.1 Å². The van der Waals surface area contributed by atoms with Gasteiger partial charge >= 0.3 is 0 Å². The van der Waals surface area contributed by atoms with Crippen molar-refractivity contribution in [3.8, 4) is 11.5 Å². The van der Waals surface area contributed by atoms with Crippen LogP contribution in [0.1, 0.15) is 31.9 Å². The first-order valence-electron chi connectivity index (χ1n) is 6.35. The van der Waals surface area contributed by atoms with Crippen LogP contribution in [0.3, 0.4) is 0 Å². The third-order valence-corrected chi connectivity index (χ3v) is 3.77. The third-order valence-electron chi connectivity index (χ3n) is 2.94. The fraction of sp³-hybridized carbons (Fsp3) is 0.533. The molecule has 1 aromatic rings. The molecule has 4 heteroatoms. The fourth-order valence-electron chi connectivity index (χ4n) is 1.89. The standard InChI is InChI=1S/C15H23NO2S/c1-15(2,3)14(19)11-9-12(17-4)10(6-7-16)8-13(11)18-5/h8-9H,6-7,16H2,1-5H3. The summed E-state index contributed by atoms with van der Waals surface area (Å²) in [4.78, 5) is 0.863. The molecule has 0 spiro atoms. The van der Waals surface area contributed by atoms with Crippen molar-refractivity contribution in [1.29, 1.82) is 0 Å². The molecular formula is C15H23NO2S. The Morgan fingerprint density at radius 1 is 1.16 bits per heavy atom. The molecule has 1 rings (SSSR count). The van der Waals surface area contributed by atoms with E-state index in [2.05, 4.69) is 20.8 Å². The van der Waals surface area contributed by atoms with Crippen molar-refractivity contribution in [2.45, 2.75) is 27.2 Å². The summed E-state index contributed by atoms with van der Waals surface area (Å²) >= 11 is 5.57. The summed E-state index contributed by atoms with van der Waals surface area (Å²) < 4.78 is 10.9. The highest BCUT2D eigenvalue weighted by Gasteiger charge is 2.23. The van der Waals surface area contributed by atoms with Crippen LogP contribution in [-0.4, -0.2) is 25.6 Å². The first-order valence-corrected chi connectivity index (χ1v) is 6.75. The molecule has 0 aliphatic rings. The molecule has 0 heterocycles. The number of rotatable bonds is 5. The summed E-state index contributed by atoms with van der Waals surface area (Å²) in [6.45, 7) is 6.85. The average molecular weight is 281 g/mol. The highest BCUT2D eigenvalue weighted by Crippen LogP contribution is 2.34. The Labute approximate surface area is 121 Å². The summed E-state index contributed by atoms with van der Waals surface area (Å²) in [7, 11) is 3.31. The number of benzene rings is 1. The SMILES string of the molecule is COc1cc(C(=S)C(C)(C)C)c(OC)cc1CCN. The average Bonchev–Trinajstić information content (AvgIpc) is 2.36. The van der Waals surface area contributed by atoms with E-state index in [4.69, 9.17) is 27.4 Å².